The molecule has 17 heavy (non-hydrogen) atoms. The van der Waals surface area contributed by atoms with Crippen molar-refractivity contribution >= 4 is 19.1 Å². The second kappa shape index (κ2) is 6.63. The summed E-state index contributed by atoms with van der Waals surface area (Å²) in [5.41, 5.74) is 2.03. The van der Waals surface area contributed by atoms with Gasteiger partial charge in [-0.1, -0.05) is 0 Å². The van der Waals surface area contributed by atoms with Crippen molar-refractivity contribution in [3.63, 3.8) is 0 Å². The number of ketones is 1. The normalized spacial score (nSPS) is 8.82. The van der Waals surface area contributed by atoms with Crippen molar-refractivity contribution in [3.8, 4) is 0 Å². The minimum atomic E-state index is 0. The van der Waals surface area contributed by atoms with Crippen LogP contribution in [0.4, 0.5) is 0 Å². The van der Waals surface area contributed by atoms with Crippen molar-refractivity contribution in [1.29, 1.82) is 0 Å². The summed E-state index contributed by atoms with van der Waals surface area (Å²) in [6.07, 6.45) is 0. The molecule has 0 aliphatic heterocycles. The molecule has 2 rings (SSSR count). The van der Waals surface area contributed by atoms with Crippen LogP contribution in [0.15, 0.2) is 54.6 Å². The van der Waals surface area contributed by atoms with Gasteiger partial charge in [-0.15, -0.1) is 0 Å². The van der Waals surface area contributed by atoms with E-state index in [4.69, 9.17) is 7.85 Å². The Bertz CT molecular complexity index is 466. The predicted molar refractivity (Wildman–Crippen MR) is 65.6 cm³/mol. The van der Waals surface area contributed by atoms with Gasteiger partial charge in [-0.2, -0.15) is 0 Å². The molecule has 84 valence electrons. The Labute approximate surface area is 101 Å². The molecule has 0 saturated heterocycles. The van der Waals surface area contributed by atoms with Crippen LogP contribution >= 0.6 is 0 Å². The van der Waals surface area contributed by atoms with E-state index in [0.29, 0.717) is 16.6 Å². The van der Waals surface area contributed by atoms with Crippen LogP contribution in [0, 0.1) is 0 Å². The largest absolute Gasteiger partial charge is 0.870 e. The molecule has 0 amide bonds. The molecule has 2 aromatic carbocycles. The molecule has 0 aliphatic rings. The van der Waals surface area contributed by atoms with Crippen LogP contribution in [0.25, 0.3) is 0 Å². The molecule has 2 aromatic rings. The fourth-order valence-electron chi connectivity index (χ4n) is 1.39. The van der Waals surface area contributed by atoms with Gasteiger partial charge >= 0.3 is 89.6 Å². The van der Waals surface area contributed by atoms with E-state index >= 15 is 0 Å². The molecule has 0 aliphatic carbocycles. The van der Waals surface area contributed by atoms with E-state index < -0.39 is 0 Å². The Balaban J connectivity index is 0.00000128. The van der Waals surface area contributed by atoms with Gasteiger partial charge in [0.2, 0.25) is 0 Å². The number of carbonyl (C=O) groups is 1. The second-order valence-electron chi connectivity index (χ2n) is 3.32. The number of carbonyl (C=O) groups excluding carboxylic acids is 1. The zero-order valence-electron chi connectivity index (χ0n) is 9.08. The van der Waals surface area contributed by atoms with Crippen molar-refractivity contribution in [2.45, 2.75) is 0 Å². The van der Waals surface area contributed by atoms with Crippen LogP contribution in [0.3, 0.4) is 0 Å². The molecular weight excluding hydrogens is 215 g/mol. The Morgan fingerprint density at radius 2 is 1.24 bits per heavy atom. The molecule has 2 N–H and O–H groups in total. The summed E-state index contributed by atoms with van der Waals surface area (Å²) in [6, 6.07) is 16.1. The van der Waals surface area contributed by atoms with Crippen molar-refractivity contribution in [3.05, 3.63) is 65.7 Å². The Morgan fingerprint density at radius 3 is 1.76 bits per heavy atom. The average molecular weight is 226 g/mol. The maximum atomic E-state index is 11.9. The minimum Gasteiger partial charge on any atom is -0.870 e. The summed E-state index contributed by atoms with van der Waals surface area (Å²) in [6.45, 7) is 0. The van der Waals surface area contributed by atoms with Gasteiger partial charge in [-0.3, -0.25) is 0 Å². The monoisotopic (exact) mass is 226 g/mol. The zero-order chi connectivity index (χ0) is 10.7. The van der Waals surface area contributed by atoms with E-state index in [1.807, 2.05) is 18.2 Å². The van der Waals surface area contributed by atoms with Gasteiger partial charge in [-0.25, -0.2) is 0 Å². The first-order valence-electron chi connectivity index (χ1n) is 4.72. The summed E-state index contributed by atoms with van der Waals surface area (Å²) in [5, 5.41) is 0. The predicted octanol–water partition coefficient (Wildman–Crippen LogP) is 1.36. The third-order valence-corrected chi connectivity index (χ3v) is 2.21. The van der Waals surface area contributed by atoms with Gasteiger partial charge in [0.1, 0.15) is 0 Å². The van der Waals surface area contributed by atoms with Crippen molar-refractivity contribution < 1.29 is 15.7 Å². The molecule has 3 nitrogen and oxygen atoms in total. The molecule has 0 fully saturated rings. The molecular formula is C13H11BO3. The van der Waals surface area contributed by atoms with Crippen molar-refractivity contribution in [1.82, 2.24) is 0 Å². The van der Waals surface area contributed by atoms with Gasteiger partial charge in [0, 0.05) is 0 Å². The van der Waals surface area contributed by atoms with Gasteiger partial charge in [0.05, 0.1) is 0 Å². The molecule has 0 atom stereocenters. The Morgan fingerprint density at radius 1 is 0.765 bits per heavy atom. The van der Waals surface area contributed by atoms with Crippen LogP contribution < -0.4 is 5.46 Å². The summed E-state index contributed by atoms with van der Waals surface area (Å²) in [4.78, 5) is 11.9. The molecule has 0 aromatic heterocycles. The molecule has 0 spiro atoms. The molecule has 4 heteroatoms. The number of hydrogen-bond donors (Lipinski definition) is 0. The molecule has 0 heterocycles. The van der Waals surface area contributed by atoms with Crippen LogP contribution in [-0.2, 0) is 0 Å². The maximum Gasteiger partial charge on any atom is -0.870 e. The van der Waals surface area contributed by atoms with E-state index in [1.165, 1.54) is 0 Å². The first-order chi connectivity index (χ1) is 7.27. The average Bonchev–Trinajstić information content (AvgIpc) is 2.30. The second-order valence-corrected chi connectivity index (χ2v) is 3.32. The van der Waals surface area contributed by atoms with Crippen LogP contribution in [-0.4, -0.2) is 24.6 Å². The van der Waals surface area contributed by atoms with E-state index in [0.717, 1.165) is 0 Å². The van der Waals surface area contributed by atoms with E-state index in [2.05, 4.69) is 0 Å². The first kappa shape index (κ1) is 15.1. The van der Waals surface area contributed by atoms with Crippen LogP contribution in [0.1, 0.15) is 15.9 Å². The summed E-state index contributed by atoms with van der Waals surface area (Å²) >= 11 is 0. The topological polar surface area (TPSA) is 77.1 Å². The smallest absolute Gasteiger partial charge is 0.870 e. The van der Waals surface area contributed by atoms with Crippen LogP contribution in [0.5, 0.6) is 0 Å². The number of hydrogen-bond acceptors (Lipinski definition) is 3. The Hall–Kier alpha value is -1.91. The van der Waals surface area contributed by atoms with E-state index in [1.54, 1.807) is 36.4 Å². The fraction of sp³-hybridized carbons (Fsp3) is 0. The van der Waals surface area contributed by atoms with E-state index in [-0.39, 0.29) is 16.7 Å². The molecule has 0 radical (unpaired) electrons. The third-order valence-electron chi connectivity index (χ3n) is 2.21. The van der Waals surface area contributed by atoms with Gasteiger partial charge in [0.25, 0.3) is 0 Å². The van der Waals surface area contributed by atoms with Crippen LogP contribution in [0.2, 0.25) is 0 Å². The van der Waals surface area contributed by atoms with Gasteiger partial charge in [-0.05, 0) is 0 Å². The van der Waals surface area contributed by atoms with Crippen molar-refractivity contribution in [2.75, 3.05) is 0 Å². The maximum absolute atomic E-state index is 11.9. The summed E-state index contributed by atoms with van der Waals surface area (Å²) < 4.78 is 0. The minimum absolute atomic E-state index is 0. The number of rotatable bonds is 2. The molecule has 0 unspecified atom stereocenters. The first-order valence-corrected chi connectivity index (χ1v) is 4.72. The Kier molecular flexibility index (Phi) is 5.89. The quantitative estimate of drug-likeness (QED) is 0.572. The molecule has 0 bridgehead atoms. The zero-order valence-corrected chi connectivity index (χ0v) is 9.08. The van der Waals surface area contributed by atoms with Gasteiger partial charge in [0.15, 0.2) is 0 Å². The van der Waals surface area contributed by atoms with Crippen molar-refractivity contribution in [2.24, 2.45) is 0 Å². The number of benzene rings is 2. The standard InChI is InChI=1S/C13H9BO.2H2O/c14-12-8-6-11(7-9-12)13(15)10-4-2-1-3-5-10;;/h1-9H;2*1H2/q+2;;/p-2. The van der Waals surface area contributed by atoms with E-state index in [9.17, 15) is 4.79 Å². The molecule has 0 saturated carbocycles. The third kappa shape index (κ3) is 3.55. The van der Waals surface area contributed by atoms with Gasteiger partial charge < -0.3 is 11.0 Å². The SMILES string of the molecule is [B+2]c1ccc(C(=O)c2ccccc2)cc1.[OH-].[OH-]. The summed E-state index contributed by atoms with van der Waals surface area (Å²) in [7, 11) is 5.55. The fourth-order valence-corrected chi connectivity index (χ4v) is 1.39. The summed E-state index contributed by atoms with van der Waals surface area (Å²) in [5.74, 6) is 0.0237.